The van der Waals surface area contributed by atoms with E-state index in [4.69, 9.17) is 26.2 Å². The van der Waals surface area contributed by atoms with Crippen LogP contribution in [0.3, 0.4) is 0 Å². The fraction of sp³-hybridized carbons (Fsp3) is 0.467. The highest BCUT2D eigenvalue weighted by Crippen LogP contribution is 2.36. The molecule has 0 aromatic heterocycles. The lowest BCUT2D eigenvalue weighted by molar-refractivity contribution is -0.138. The molecule has 7 heteroatoms. The van der Waals surface area contributed by atoms with E-state index in [1.165, 1.54) is 7.11 Å². The van der Waals surface area contributed by atoms with E-state index < -0.39 is 5.97 Å². The average Bonchev–Trinajstić information content (AvgIpc) is 2.45. The van der Waals surface area contributed by atoms with Crippen molar-refractivity contribution in [3.05, 3.63) is 22.7 Å². The van der Waals surface area contributed by atoms with Crippen LogP contribution in [0.25, 0.3) is 0 Å². The van der Waals surface area contributed by atoms with E-state index in [1.54, 1.807) is 6.07 Å². The topological polar surface area (TPSA) is 84.9 Å². The Morgan fingerprint density at radius 2 is 2.05 bits per heavy atom. The van der Waals surface area contributed by atoms with Gasteiger partial charge in [-0.15, -0.1) is 0 Å². The van der Waals surface area contributed by atoms with Crippen molar-refractivity contribution in [2.24, 2.45) is 0 Å². The third-order valence-corrected chi connectivity index (χ3v) is 3.16. The van der Waals surface area contributed by atoms with E-state index in [0.717, 1.165) is 5.56 Å². The Morgan fingerprint density at radius 1 is 1.32 bits per heavy atom. The third kappa shape index (κ3) is 5.81. The van der Waals surface area contributed by atoms with Crippen LogP contribution < -0.4 is 14.8 Å². The Kier molecular flexibility index (Phi) is 7.52. The molecule has 1 rings (SSSR count). The van der Waals surface area contributed by atoms with Crippen molar-refractivity contribution < 1.29 is 24.2 Å². The summed E-state index contributed by atoms with van der Waals surface area (Å²) in [5.41, 5.74) is 0.896. The predicted octanol–water partition coefficient (Wildman–Crippen LogP) is 2.27. The molecular formula is C15H20ClNO5. The SMILES string of the molecule is CCOc1cc(CCNC(=O)CCC(=O)O)cc(Cl)c1OC. The molecule has 0 aliphatic heterocycles. The lowest BCUT2D eigenvalue weighted by Gasteiger charge is -2.13. The van der Waals surface area contributed by atoms with Gasteiger partial charge in [-0.1, -0.05) is 11.6 Å². The summed E-state index contributed by atoms with van der Waals surface area (Å²) in [4.78, 5) is 21.8. The second kappa shape index (κ2) is 9.15. The van der Waals surface area contributed by atoms with Crippen molar-refractivity contribution in [1.82, 2.24) is 5.32 Å². The van der Waals surface area contributed by atoms with Crippen LogP contribution >= 0.6 is 11.6 Å². The van der Waals surface area contributed by atoms with Crippen molar-refractivity contribution in [2.75, 3.05) is 20.3 Å². The number of halogens is 1. The molecule has 6 nitrogen and oxygen atoms in total. The number of methoxy groups -OCH3 is 1. The Morgan fingerprint density at radius 3 is 2.64 bits per heavy atom. The van der Waals surface area contributed by atoms with Gasteiger partial charge in [0.25, 0.3) is 0 Å². The highest BCUT2D eigenvalue weighted by atomic mass is 35.5. The molecule has 122 valence electrons. The van der Waals surface area contributed by atoms with E-state index in [1.807, 2.05) is 13.0 Å². The van der Waals surface area contributed by atoms with Gasteiger partial charge >= 0.3 is 5.97 Å². The van der Waals surface area contributed by atoms with Gasteiger partial charge in [-0.05, 0) is 31.0 Å². The van der Waals surface area contributed by atoms with Crippen LogP contribution in [-0.2, 0) is 16.0 Å². The molecule has 1 aromatic carbocycles. The predicted molar refractivity (Wildman–Crippen MR) is 82.8 cm³/mol. The zero-order chi connectivity index (χ0) is 16.5. The first-order chi connectivity index (χ1) is 10.5. The smallest absolute Gasteiger partial charge is 0.303 e. The van der Waals surface area contributed by atoms with E-state index in [0.29, 0.717) is 36.1 Å². The third-order valence-electron chi connectivity index (χ3n) is 2.88. The summed E-state index contributed by atoms with van der Waals surface area (Å²) < 4.78 is 10.7. The molecular weight excluding hydrogens is 310 g/mol. The van der Waals surface area contributed by atoms with Crippen LogP contribution in [0.2, 0.25) is 5.02 Å². The zero-order valence-electron chi connectivity index (χ0n) is 12.6. The number of carbonyl (C=O) groups is 2. The van der Waals surface area contributed by atoms with Crippen LogP contribution in [0.4, 0.5) is 0 Å². The fourth-order valence-corrected chi connectivity index (χ4v) is 2.19. The molecule has 0 saturated carbocycles. The second-order valence-corrected chi connectivity index (χ2v) is 4.94. The Balaban J connectivity index is 2.59. The van der Waals surface area contributed by atoms with Crippen LogP contribution in [-0.4, -0.2) is 37.2 Å². The lowest BCUT2D eigenvalue weighted by Crippen LogP contribution is -2.26. The number of hydrogen-bond acceptors (Lipinski definition) is 4. The largest absolute Gasteiger partial charge is 0.491 e. The van der Waals surface area contributed by atoms with Gasteiger partial charge in [0.05, 0.1) is 25.2 Å². The molecule has 0 heterocycles. The first-order valence-electron chi connectivity index (χ1n) is 6.95. The van der Waals surface area contributed by atoms with E-state index in [2.05, 4.69) is 5.32 Å². The van der Waals surface area contributed by atoms with Gasteiger partial charge in [-0.3, -0.25) is 9.59 Å². The molecule has 2 N–H and O–H groups in total. The van der Waals surface area contributed by atoms with Crippen molar-refractivity contribution in [3.8, 4) is 11.5 Å². The molecule has 1 aromatic rings. The maximum atomic E-state index is 11.4. The first kappa shape index (κ1) is 18.1. The summed E-state index contributed by atoms with van der Waals surface area (Å²) in [5, 5.41) is 11.6. The number of hydrogen-bond donors (Lipinski definition) is 2. The van der Waals surface area contributed by atoms with Crippen molar-refractivity contribution in [1.29, 1.82) is 0 Å². The second-order valence-electron chi connectivity index (χ2n) is 4.54. The average molecular weight is 330 g/mol. The van der Waals surface area contributed by atoms with E-state index in [9.17, 15) is 9.59 Å². The number of rotatable bonds is 9. The molecule has 0 aliphatic rings. The molecule has 0 fully saturated rings. The molecule has 0 spiro atoms. The van der Waals surface area contributed by atoms with Crippen LogP contribution in [0.15, 0.2) is 12.1 Å². The maximum absolute atomic E-state index is 11.4. The number of carboxylic acid groups (broad SMARTS) is 1. The highest BCUT2D eigenvalue weighted by molar-refractivity contribution is 6.32. The van der Waals surface area contributed by atoms with Crippen LogP contribution in [0.5, 0.6) is 11.5 Å². The normalized spacial score (nSPS) is 10.1. The number of carbonyl (C=O) groups excluding carboxylic acids is 1. The zero-order valence-corrected chi connectivity index (χ0v) is 13.4. The van der Waals surface area contributed by atoms with Gasteiger partial charge in [0, 0.05) is 13.0 Å². The fourth-order valence-electron chi connectivity index (χ4n) is 1.88. The number of carboxylic acids is 1. The number of ether oxygens (including phenoxy) is 2. The number of aliphatic carboxylic acids is 1. The van der Waals surface area contributed by atoms with Gasteiger partial charge in [-0.2, -0.15) is 0 Å². The molecule has 0 unspecified atom stereocenters. The van der Waals surface area contributed by atoms with Gasteiger partial charge in [-0.25, -0.2) is 0 Å². The number of benzene rings is 1. The molecule has 0 atom stereocenters. The van der Waals surface area contributed by atoms with Crippen molar-refractivity contribution >= 4 is 23.5 Å². The Bertz CT molecular complexity index is 533. The summed E-state index contributed by atoms with van der Waals surface area (Å²) in [6.07, 6.45) is 0.361. The maximum Gasteiger partial charge on any atom is 0.303 e. The van der Waals surface area contributed by atoms with Crippen LogP contribution in [0.1, 0.15) is 25.3 Å². The summed E-state index contributed by atoms with van der Waals surface area (Å²) in [6.45, 7) is 2.75. The summed E-state index contributed by atoms with van der Waals surface area (Å²) in [5.74, 6) is -0.229. The van der Waals surface area contributed by atoms with Crippen LogP contribution in [0, 0.1) is 0 Å². The minimum atomic E-state index is -0.988. The Hall–Kier alpha value is -1.95. The summed E-state index contributed by atoms with van der Waals surface area (Å²) in [7, 11) is 1.52. The van der Waals surface area contributed by atoms with Gasteiger partial charge < -0.3 is 19.9 Å². The van der Waals surface area contributed by atoms with E-state index >= 15 is 0 Å². The summed E-state index contributed by atoms with van der Waals surface area (Å²) >= 11 is 6.14. The summed E-state index contributed by atoms with van der Waals surface area (Å²) in [6, 6.07) is 3.57. The minimum Gasteiger partial charge on any atom is -0.491 e. The standard InChI is InChI=1S/C15H20ClNO5/c1-3-22-12-9-10(8-11(16)15(12)21-2)6-7-17-13(18)4-5-14(19)20/h8-9H,3-7H2,1-2H3,(H,17,18)(H,19,20). The number of amides is 1. The van der Waals surface area contributed by atoms with Gasteiger partial charge in [0.15, 0.2) is 11.5 Å². The first-order valence-corrected chi connectivity index (χ1v) is 7.33. The molecule has 0 saturated heterocycles. The molecule has 22 heavy (non-hydrogen) atoms. The highest BCUT2D eigenvalue weighted by Gasteiger charge is 2.12. The monoisotopic (exact) mass is 329 g/mol. The molecule has 1 amide bonds. The van der Waals surface area contributed by atoms with Gasteiger partial charge in [0.1, 0.15) is 0 Å². The Labute approximate surface area is 134 Å². The van der Waals surface area contributed by atoms with Crippen molar-refractivity contribution in [3.63, 3.8) is 0 Å². The van der Waals surface area contributed by atoms with E-state index in [-0.39, 0.29) is 18.7 Å². The lowest BCUT2D eigenvalue weighted by atomic mass is 10.1. The number of nitrogens with one attached hydrogen (secondary N) is 1. The molecule has 0 radical (unpaired) electrons. The molecule has 0 bridgehead atoms. The quantitative estimate of drug-likeness (QED) is 0.726. The minimum absolute atomic E-state index is 0.0249. The van der Waals surface area contributed by atoms with Crippen molar-refractivity contribution in [2.45, 2.75) is 26.2 Å². The van der Waals surface area contributed by atoms with Gasteiger partial charge in [0.2, 0.25) is 5.91 Å². The molecule has 0 aliphatic carbocycles.